The standard InChI is InChI=1S/C16H15NO3/c1-11-13-7-2-3-8-14(13)20-15(11)16(18)19-10-12-6-4-5-9-17-12/h2-9,11,15H,10H2,1H3. The number of hydrogen-bond acceptors (Lipinski definition) is 4. The number of carbonyl (C=O) groups is 1. The summed E-state index contributed by atoms with van der Waals surface area (Å²) in [6, 6.07) is 13.2. The van der Waals surface area contributed by atoms with Crippen molar-refractivity contribution >= 4 is 5.97 Å². The Kier molecular flexibility index (Phi) is 3.37. The second kappa shape index (κ2) is 5.33. The van der Waals surface area contributed by atoms with Crippen LogP contribution in [0.1, 0.15) is 24.1 Å². The molecule has 4 heteroatoms. The lowest BCUT2D eigenvalue weighted by Crippen LogP contribution is -2.29. The molecule has 2 unspecified atom stereocenters. The summed E-state index contributed by atoms with van der Waals surface area (Å²) >= 11 is 0. The Morgan fingerprint density at radius 1 is 1.25 bits per heavy atom. The molecule has 2 heterocycles. The summed E-state index contributed by atoms with van der Waals surface area (Å²) in [4.78, 5) is 16.2. The number of nitrogens with zero attached hydrogens (tertiary/aromatic N) is 1. The van der Waals surface area contributed by atoms with Crippen LogP contribution in [0.5, 0.6) is 5.75 Å². The quantitative estimate of drug-likeness (QED) is 0.804. The summed E-state index contributed by atoms with van der Waals surface area (Å²) < 4.78 is 11.0. The third kappa shape index (κ3) is 2.37. The lowest BCUT2D eigenvalue weighted by Gasteiger charge is -2.14. The zero-order valence-electron chi connectivity index (χ0n) is 11.2. The average Bonchev–Trinajstić information content (AvgIpc) is 2.84. The Morgan fingerprint density at radius 2 is 2.05 bits per heavy atom. The van der Waals surface area contributed by atoms with Crippen LogP contribution in [-0.4, -0.2) is 17.1 Å². The van der Waals surface area contributed by atoms with Crippen molar-refractivity contribution in [3.63, 3.8) is 0 Å². The number of aromatic nitrogens is 1. The van der Waals surface area contributed by atoms with E-state index in [0.29, 0.717) is 0 Å². The summed E-state index contributed by atoms with van der Waals surface area (Å²) in [5, 5.41) is 0. The molecule has 0 bridgehead atoms. The minimum absolute atomic E-state index is 0.00225. The van der Waals surface area contributed by atoms with Crippen LogP contribution in [0.2, 0.25) is 0 Å². The molecule has 1 aliphatic heterocycles. The Hall–Kier alpha value is -2.36. The first-order valence-electron chi connectivity index (χ1n) is 6.58. The molecule has 20 heavy (non-hydrogen) atoms. The van der Waals surface area contributed by atoms with E-state index in [1.165, 1.54) is 0 Å². The van der Waals surface area contributed by atoms with Gasteiger partial charge in [-0.1, -0.05) is 31.2 Å². The van der Waals surface area contributed by atoms with Crippen molar-refractivity contribution in [3.8, 4) is 5.75 Å². The van der Waals surface area contributed by atoms with Crippen LogP contribution in [-0.2, 0) is 16.1 Å². The maximum absolute atomic E-state index is 12.1. The van der Waals surface area contributed by atoms with Crippen LogP contribution in [0.15, 0.2) is 48.7 Å². The van der Waals surface area contributed by atoms with Gasteiger partial charge < -0.3 is 9.47 Å². The minimum atomic E-state index is -0.573. The molecule has 0 fully saturated rings. The first-order valence-corrected chi connectivity index (χ1v) is 6.58. The molecule has 0 aliphatic carbocycles. The Morgan fingerprint density at radius 3 is 2.80 bits per heavy atom. The van der Waals surface area contributed by atoms with E-state index >= 15 is 0 Å². The summed E-state index contributed by atoms with van der Waals surface area (Å²) in [5.41, 5.74) is 1.77. The Bertz CT molecular complexity index is 612. The second-order valence-corrected chi connectivity index (χ2v) is 4.79. The van der Waals surface area contributed by atoms with Gasteiger partial charge in [0.05, 0.1) is 5.69 Å². The number of hydrogen-bond donors (Lipinski definition) is 0. The third-order valence-corrected chi connectivity index (χ3v) is 3.44. The van der Waals surface area contributed by atoms with Crippen LogP contribution >= 0.6 is 0 Å². The van der Waals surface area contributed by atoms with Gasteiger partial charge in [-0.25, -0.2) is 4.79 Å². The highest BCUT2D eigenvalue weighted by molar-refractivity contribution is 5.78. The van der Waals surface area contributed by atoms with Gasteiger partial charge in [-0.15, -0.1) is 0 Å². The van der Waals surface area contributed by atoms with Gasteiger partial charge in [0.15, 0.2) is 0 Å². The summed E-state index contributed by atoms with van der Waals surface area (Å²) in [6.45, 7) is 2.14. The van der Waals surface area contributed by atoms with E-state index < -0.39 is 6.10 Å². The second-order valence-electron chi connectivity index (χ2n) is 4.79. The van der Waals surface area contributed by atoms with Gasteiger partial charge in [0, 0.05) is 17.7 Å². The largest absolute Gasteiger partial charge is 0.478 e. The van der Waals surface area contributed by atoms with E-state index in [0.717, 1.165) is 17.0 Å². The normalized spacial score (nSPS) is 20.1. The molecule has 0 amide bonds. The average molecular weight is 269 g/mol. The number of benzene rings is 1. The number of esters is 1. The lowest BCUT2D eigenvalue weighted by atomic mass is 9.98. The molecule has 2 aromatic rings. The molecular formula is C16H15NO3. The molecular weight excluding hydrogens is 254 g/mol. The predicted octanol–water partition coefficient (Wildman–Crippen LogP) is 2.69. The van der Waals surface area contributed by atoms with Crippen LogP contribution in [0.25, 0.3) is 0 Å². The summed E-state index contributed by atoms with van der Waals surface area (Å²) in [7, 11) is 0. The number of carbonyl (C=O) groups excluding carboxylic acids is 1. The third-order valence-electron chi connectivity index (χ3n) is 3.44. The van der Waals surface area contributed by atoms with E-state index in [1.54, 1.807) is 6.20 Å². The van der Waals surface area contributed by atoms with Gasteiger partial charge >= 0.3 is 5.97 Å². The lowest BCUT2D eigenvalue weighted by molar-refractivity contribution is -0.153. The fourth-order valence-corrected chi connectivity index (χ4v) is 2.33. The highest BCUT2D eigenvalue weighted by Crippen LogP contribution is 2.38. The zero-order valence-corrected chi connectivity index (χ0v) is 11.2. The highest BCUT2D eigenvalue weighted by Gasteiger charge is 2.37. The molecule has 102 valence electrons. The molecule has 3 rings (SSSR count). The maximum Gasteiger partial charge on any atom is 0.348 e. The van der Waals surface area contributed by atoms with Gasteiger partial charge in [-0.2, -0.15) is 0 Å². The summed E-state index contributed by atoms with van der Waals surface area (Å²) in [5.74, 6) is 0.418. The molecule has 1 aliphatic rings. The molecule has 0 saturated heterocycles. The van der Waals surface area contributed by atoms with Crippen LogP contribution in [0, 0.1) is 0 Å². The molecule has 4 nitrogen and oxygen atoms in total. The maximum atomic E-state index is 12.1. The van der Waals surface area contributed by atoms with Gasteiger partial charge in [0.2, 0.25) is 6.10 Å². The number of ether oxygens (including phenoxy) is 2. The number of para-hydroxylation sites is 1. The minimum Gasteiger partial charge on any atom is -0.478 e. The van der Waals surface area contributed by atoms with Gasteiger partial charge in [-0.05, 0) is 18.2 Å². The van der Waals surface area contributed by atoms with Crippen LogP contribution < -0.4 is 4.74 Å². The van der Waals surface area contributed by atoms with Crippen molar-refractivity contribution < 1.29 is 14.3 Å². The van der Waals surface area contributed by atoms with E-state index in [-0.39, 0.29) is 18.5 Å². The first kappa shape index (κ1) is 12.7. The smallest absolute Gasteiger partial charge is 0.348 e. The van der Waals surface area contributed by atoms with Crippen molar-refractivity contribution in [2.75, 3.05) is 0 Å². The van der Waals surface area contributed by atoms with Gasteiger partial charge in [0.1, 0.15) is 12.4 Å². The van der Waals surface area contributed by atoms with E-state index in [4.69, 9.17) is 9.47 Å². The molecule has 0 radical (unpaired) electrons. The van der Waals surface area contributed by atoms with Crippen molar-refractivity contribution in [2.45, 2.75) is 25.6 Å². The predicted molar refractivity (Wildman–Crippen MR) is 73.3 cm³/mol. The van der Waals surface area contributed by atoms with Crippen molar-refractivity contribution in [1.29, 1.82) is 0 Å². The van der Waals surface area contributed by atoms with Crippen molar-refractivity contribution in [1.82, 2.24) is 4.98 Å². The number of rotatable bonds is 3. The van der Waals surface area contributed by atoms with Gasteiger partial charge in [0.25, 0.3) is 0 Å². The monoisotopic (exact) mass is 269 g/mol. The number of fused-ring (bicyclic) bond motifs is 1. The highest BCUT2D eigenvalue weighted by atomic mass is 16.6. The van der Waals surface area contributed by atoms with Gasteiger partial charge in [-0.3, -0.25) is 4.98 Å². The molecule has 0 N–H and O–H groups in total. The van der Waals surface area contributed by atoms with E-state index in [9.17, 15) is 4.79 Å². The fourth-order valence-electron chi connectivity index (χ4n) is 2.33. The molecule has 1 aromatic carbocycles. The number of pyridine rings is 1. The van der Waals surface area contributed by atoms with E-state index in [2.05, 4.69) is 4.98 Å². The SMILES string of the molecule is CC1c2ccccc2OC1C(=O)OCc1ccccn1. The Balaban J connectivity index is 1.65. The van der Waals surface area contributed by atoms with E-state index in [1.807, 2.05) is 49.4 Å². The molecule has 0 spiro atoms. The fraction of sp³-hybridized carbons (Fsp3) is 0.250. The van der Waals surface area contributed by atoms with Crippen molar-refractivity contribution in [3.05, 3.63) is 59.9 Å². The zero-order chi connectivity index (χ0) is 13.9. The Labute approximate surface area is 117 Å². The molecule has 0 saturated carbocycles. The van der Waals surface area contributed by atoms with Crippen molar-refractivity contribution in [2.24, 2.45) is 0 Å². The molecule has 1 aromatic heterocycles. The van der Waals surface area contributed by atoms with Crippen LogP contribution in [0.4, 0.5) is 0 Å². The van der Waals surface area contributed by atoms with Crippen LogP contribution in [0.3, 0.4) is 0 Å². The topological polar surface area (TPSA) is 48.4 Å². The summed E-state index contributed by atoms with van der Waals surface area (Å²) in [6.07, 6.45) is 1.10. The molecule has 2 atom stereocenters. The first-order chi connectivity index (χ1) is 9.75.